The molecule has 1 rings (SSSR count). The van der Waals surface area contributed by atoms with Crippen molar-refractivity contribution in [3.05, 3.63) is 0 Å². The zero-order valence-corrected chi connectivity index (χ0v) is 8.97. The van der Waals surface area contributed by atoms with Crippen molar-refractivity contribution in [2.75, 3.05) is 0 Å². The minimum atomic E-state index is -0.951. The van der Waals surface area contributed by atoms with Crippen LogP contribution in [-0.4, -0.2) is 27.6 Å². The lowest BCUT2D eigenvalue weighted by atomic mass is 9.95. The Bertz CT molecular complexity index is 200. The van der Waals surface area contributed by atoms with Gasteiger partial charge in [-0.25, -0.2) is 4.79 Å². The van der Waals surface area contributed by atoms with Crippen LogP contribution >= 0.6 is 11.8 Å². The Hall–Kier alpha value is -0.710. The van der Waals surface area contributed by atoms with Crippen LogP contribution < -0.4 is 5.32 Å². The van der Waals surface area contributed by atoms with E-state index in [1.165, 1.54) is 11.8 Å². The van der Waals surface area contributed by atoms with Crippen LogP contribution in [0.3, 0.4) is 0 Å². The topological polar surface area (TPSA) is 66.4 Å². The van der Waals surface area contributed by atoms with E-state index in [9.17, 15) is 9.59 Å². The maximum Gasteiger partial charge on any atom is 0.404 e. The smallest absolute Gasteiger partial charge is 0.404 e. The van der Waals surface area contributed by atoms with Gasteiger partial charge in [-0.05, 0) is 25.7 Å². The molecule has 2 N–H and O–H groups in total. The van der Waals surface area contributed by atoms with Gasteiger partial charge in [0, 0.05) is 18.2 Å². The molecule has 0 aromatic rings. The maximum atomic E-state index is 10.8. The molecule has 0 aliphatic heterocycles. The van der Waals surface area contributed by atoms with Crippen LogP contribution in [-0.2, 0) is 4.79 Å². The molecule has 4 nitrogen and oxygen atoms in total. The molecule has 1 fully saturated rings. The highest BCUT2D eigenvalue weighted by atomic mass is 32.2. The minimum Gasteiger partial charge on any atom is -0.465 e. The van der Waals surface area contributed by atoms with Crippen molar-refractivity contribution in [1.29, 1.82) is 0 Å². The van der Waals surface area contributed by atoms with E-state index in [2.05, 4.69) is 5.32 Å². The first-order chi connectivity index (χ1) is 6.58. The predicted molar refractivity (Wildman–Crippen MR) is 55.5 cm³/mol. The van der Waals surface area contributed by atoms with Crippen LogP contribution in [0.1, 0.15) is 32.6 Å². The molecule has 0 aromatic heterocycles. The largest absolute Gasteiger partial charge is 0.465 e. The number of carboxylic acid groups (broad SMARTS) is 1. The summed E-state index contributed by atoms with van der Waals surface area (Å²) in [6, 6.07) is 0.0799. The molecular formula is C9H15NO3S. The summed E-state index contributed by atoms with van der Waals surface area (Å²) in [6.45, 7) is 1.58. The van der Waals surface area contributed by atoms with E-state index in [-0.39, 0.29) is 11.2 Å². The Labute approximate surface area is 87.4 Å². The molecular weight excluding hydrogens is 202 g/mol. The van der Waals surface area contributed by atoms with Crippen molar-refractivity contribution in [3.63, 3.8) is 0 Å². The van der Waals surface area contributed by atoms with E-state index in [0.29, 0.717) is 5.25 Å². The van der Waals surface area contributed by atoms with Gasteiger partial charge in [0.15, 0.2) is 5.12 Å². The van der Waals surface area contributed by atoms with Gasteiger partial charge in [0.2, 0.25) is 0 Å². The van der Waals surface area contributed by atoms with Gasteiger partial charge in [0.05, 0.1) is 0 Å². The number of hydrogen-bond donors (Lipinski definition) is 2. The first kappa shape index (κ1) is 11.4. The molecule has 0 bridgehead atoms. The lowest BCUT2D eigenvalue weighted by molar-refractivity contribution is -0.109. The Morgan fingerprint density at radius 2 is 1.86 bits per heavy atom. The second-order valence-electron chi connectivity index (χ2n) is 3.53. The summed E-state index contributed by atoms with van der Waals surface area (Å²) >= 11 is 1.38. The molecule has 80 valence electrons. The molecule has 5 heteroatoms. The molecule has 1 saturated carbocycles. The van der Waals surface area contributed by atoms with Gasteiger partial charge in [-0.15, -0.1) is 0 Å². The molecule has 0 atom stereocenters. The average Bonchev–Trinajstić information content (AvgIpc) is 2.06. The molecule has 0 spiro atoms. The Morgan fingerprint density at radius 1 is 1.29 bits per heavy atom. The second kappa shape index (κ2) is 5.24. The fraction of sp³-hybridized carbons (Fsp3) is 0.778. The molecule has 0 unspecified atom stereocenters. The molecule has 1 amide bonds. The maximum absolute atomic E-state index is 10.8. The Balaban J connectivity index is 2.24. The molecule has 14 heavy (non-hydrogen) atoms. The molecule has 0 heterocycles. The van der Waals surface area contributed by atoms with Crippen LogP contribution in [0.4, 0.5) is 4.79 Å². The third-order valence-corrected chi connectivity index (χ3v) is 3.47. The van der Waals surface area contributed by atoms with Gasteiger partial charge in [-0.3, -0.25) is 4.79 Å². The monoisotopic (exact) mass is 217 g/mol. The van der Waals surface area contributed by atoms with Crippen LogP contribution in [0.25, 0.3) is 0 Å². The van der Waals surface area contributed by atoms with Crippen LogP contribution in [0, 0.1) is 0 Å². The molecule has 1 aliphatic rings. The van der Waals surface area contributed by atoms with E-state index < -0.39 is 6.09 Å². The van der Waals surface area contributed by atoms with Crippen molar-refractivity contribution in [3.8, 4) is 0 Å². The van der Waals surface area contributed by atoms with E-state index >= 15 is 0 Å². The lowest BCUT2D eigenvalue weighted by Gasteiger charge is -2.27. The van der Waals surface area contributed by atoms with Gasteiger partial charge in [0.25, 0.3) is 0 Å². The molecule has 0 radical (unpaired) electrons. The van der Waals surface area contributed by atoms with Crippen molar-refractivity contribution >= 4 is 23.0 Å². The number of amides is 1. The van der Waals surface area contributed by atoms with Crippen molar-refractivity contribution in [1.82, 2.24) is 5.32 Å². The van der Waals surface area contributed by atoms with Crippen molar-refractivity contribution in [2.24, 2.45) is 0 Å². The number of thioether (sulfide) groups is 1. The fourth-order valence-corrected chi connectivity index (χ4v) is 2.71. The summed E-state index contributed by atoms with van der Waals surface area (Å²) in [5.41, 5.74) is 0. The summed E-state index contributed by atoms with van der Waals surface area (Å²) in [6.07, 6.45) is 2.59. The predicted octanol–water partition coefficient (Wildman–Crippen LogP) is 1.84. The third-order valence-electron chi connectivity index (χ3n) is 2.33. The summed E-state index contributed by atoms with van der Waals surface area (Å²) < 4.78 is 0. The zero-order chi connectivity index (χ0) is 10.6. The van der Waals surface area contributed by atoms with Gasteiger partial charge in [0.1, 0.15) is 0 Å². The summed E-state index contributed by atoms with van der Waals surface area (Å²) in [5.74, 6) is 0. The average molecular weight is 217 g/mol. The number of carbonyl (C=O) groups is 2. The normalized spacial score (nSPS) is 26.9. The highest BCUT2D eigenvalue weighted by Gasteiger charge is 2.23. The summed E-state index contributed by atoms with van der Waals surface area (Å²) in [7, 11) is 0. The van der Waals surface area contributed by atoms with Crippen molar-refractivity contribution in [2.45, 2.75) is 43.9 Å². The third kappa shape index (κ3) is 4.00. The van der Waals surface area contributed by atoms with Crippen LogP contribution in [0.2, 0.25) is 0 Å². The standard InChI is InChI=1S/C9H15NO3S/c1-6(11)14-8-4-2-7(3-5-8)10-9(12)13/h7-8,10H,2-5H2,1H3,(H,12,13). The van der Waals surface area contributed by atoms with E-state index in [4.69, 9.17) is 5.11 Å². The van der Waals surface area contributed by atoms with Gasteiger partial charge in [-0.2, -0.15) is 0 Å². The van der Waals surface area contributed by atoms with Crippen LogP contribution in [0.5, 0.6) is 0 Å². The first-order valence-electron chi connectivity index (χ1n) is 4.74. The number of carbonyl (C=O) groups excluding carboxylic acids is 1. The molecule has 0 saturated heterocycles. The zero-order valence-electron chi connectivity index (χ0n) is 8.16. The van der Waals surface area contributed by atoms with Gasteiger partial charge in [-0.1, -0.05) is 11.8 Å². The van der Waals surface area contributed by atoms with E-state index in [0.717, 1.165) is 25.7 Å². The van der Waals surface area contributed by atoms with E-state index in [1.807, 2.05) is 0 Å². The molecule has 1 aliphatic carbocycles. The first-order valence-corrected chi connectivity index (χ1v) is 5.62. The number of nitrogens with one attached hydrogen (secondary N) is 1. The van der Waals surface area contributed by atoms with Gasteiger partial charge < -0.3 is 10.4 Å². The SMILES string of the molecule is CC(=O)SC1CCC(NC(=O)O)CC1. The lowest BCUT2D eigenvalue weighted by Crippen LogP contribution is -2.37. The number of rotatable bonds is 2. The second-order valence-corrected chi connectivity index (χ2v) is 5.01. The highest BCUT2D eigenvalue weighted by Crippen LogP contribution is 2.28. The highest BCUT2D eigenvalue weighted by molar-refractivity contribution is 8.14. The fourth-order valence-electron chi connectivity index (χ4n) is 1.73. The Kier molecular flexibility index (Phi) is 4.25. The molecule has 0 aromatic carbocycles. The number of hydrogen-bond acceptors (Lipinski definition) is 3. The Morgan fingerprint density at radius 3 is 2.29 bits per heavy atom. The van der Waals surface area contributed by atoms with Crippen molar-refractivity contribution < 1.29 is 14.7 Å². The minimum absolute atomic E-state index is 0.0799. The van der Waals surface area contributed by atoms with Crippen LogP contribution in [0.15, 0.2) is 0 Å². The van der Waals surface area contributed by atoms with E-state index in [1.54, 1.807) is 6.92 Å². The summed E-state index contributed by atoms with van der Waals surface area (Å²) in [4.78, 5) is 21.2. The quantitative estimate of drug-likeness (QED) is 0.740. The summed E-state index contributed by atoms with van der Waals surface area (Å²) in [5, 5.41) is 11.5. The van der Waals surface area contributed by atoms with Gasteiger partial charge >= 0.3 is 6.09 Å².